The maximum Gasteiger partial charge on any atom is 0.271 e. The number of hydrogen-bond donors (Lipinski definition) is 2. The number of aromatic nitrogens is 2. The number of rotatable bonds is 7. The number of H-pyrrole nitrogens is 1. The van der Waals surface area contributed by atoms with Crippen molar-refractivity contribution in [3.63, 3.8) is 0 Å². The van der Waals surface area contributed by atoms with Crippen LogP contribution in [0.4, 0.5) is 11.4 Å². The van der Waals surface area contributed by atoms with Gasteiger partial charge in [0, 0.05) is 74.4 Å². The molecule has 1 aliphatic carbocycles. The molecule has 44 heavy (non-hydrogen) atoms. The monoisotopic (exact) mass is 589 g/mol. The summed E-state index contributed by atoms with van der Waals surface area (Å²) in [5, 5.41) is 3.81. The number of likely N-dealkylation sites (tertiary alicyclic amines) is 1. The van der Waals surface area contributed by atoms with Crippen molar-refractivity contribution in [3.8, 4) is 11.5 Å². The Kier molecular flexibility index (Phi) is 7.32. The third-order valence-electron chi connectivity index (χ3n) is 9.57. The molecule has 3 fully saturated rings. The van der Waals surface area contributed by atoms with E-state index in [4.69, 9.17) is 9.47 Å². The van der Waals surface area contributed by atoms with Crippen LogP contribution in [0.2, 0.25) is 0 Å². The molecule has 1 atom stereocenters. The lowest BCUT2D eigenvalue weighted by molar-refractivity contribution is 0.0383. The van der Waals surface area contributed by atoms with Crippen molar-refractivity contribution < 1.29 is 9.47 Å². The summed E-state index contributed by atoms with van der Waals surface area (Å²) in [6.45, 7) is 4.94. The Morgan fingerprint density at radius 1 is 0.955 bits per heavy atom. The van der Waals surface area contributed by atoms with Gasteiger partial charge in [0.25, 0.3) is 5.56 Å². The standard InChI is InChI=1S/C36H39N5O3/c42-36-32(5-2-13-38-36)41-17-18-43-34(23-41)31-4-1-3-26-19-27-21-29(8-9-33(27)44-35(26)31)39-28-11-15-40(16-12-28)22-30-20-25(10-14-37-30)24-6-7-24/h1-5,8-10,13-14,20-21,24,28,34,39H,6-7,11-12,15-19,22-23H2,(H,38,42). The number of benzene rings is 2. The SMILES string of the molecule is O=c1[nH]cccc1N1CCOC(c2cccc3c2Oc2ccc(NC4CCN(Cc5cc(C6CC6)ccn5)CC4)cc2C3)C1. The summed E-state index contributed by atoms with van der Waals surface area (Å²) in [6, 6.07) is 21.5. The van der Waals surface area contributed by atoms with E-state index in [9.17, 15) is 4.79 Å². The minimum Gasteiger partial charge on any atom is -0.456 e. The second-order valence-corrected chi connectivity index (χ2v) is 12.7. The lowest BCUT2D eigenvalue weighted by Crippen LogP contribution is -2.41. The molecule has 0 radical (unpaired) electrons. The fraction of sp³-hybridized carbons (Fsp3) is 0.389. The van der Waals surface area contributed by atoms with E-state index in [1.165, 1.54) is 29.7 Å². The van der Waals surface area contributed by atoms with E-state index in [1.807, 2.05) is 18.3 Å². The van der Waals surface area contributed by atoms with Gasteiger partial charge in [0.1, 0.15) is 23.3 Å². The highest BCUT2D eigenvalue weighted by molar-refractivity contribution is 5.59. The van der Waals surface area contributed by atoms with Crippen LogP contribution in [0, 0.1) is 0 Å². The summed E-state index contributed by atoms with van der Waals surface area (Å²) in [5.74, 6) is 2.56. The number of aromatic amines is 1. The highest BCUT2D eigenvalue weighted by Crippen LogP contribution is 2.43. The molecule has 2 N–H and O–H groups in total. The Morgan fingerprint density at radius 2 is 1.86 bits per heavy atom. The van der Waals surface area contributed by atoms with Gasteiger partial charge in [-0.1, -0.05) is 18.2 Å². The molecule has 4 aromatic rings. The minimum atomic E-state index is -0.176. The van der Waals surface area contributed by atoms with Crippen LogP contribution in [0.5, 0.6) is 11.5 Å². The predicted octanol–water partition coefficient (Wildman–Crippen LogP) is 6.00. The molecule has 4 aliphatic rings. The number of piperidine rings is 1. The van der Waals surface area contributed by atoms with Crippen LogP contribution in [0.15, 0.2) is 77.9 Å². The molecule has 1 saturated carbocycles. The Bertz CT molecular complexity index is 1710. The zero-order valence-electron chi connectivity index (χ0n) is 25.0. The molecular formula is C36H39N5O3. The summed E-state index contributed by atoms with van der Waals surface area (Å²) < 4.78 is 12.8. The van der Waals surface area contributed by atoms with Gasteiger partial charge in [0.05, 0.1) is 12.3 Å². The summed E-state index contributed by atoms with van der Waals surface area (Å²) in [7, 11) is 0. The zero-order chi connectivity index (χ0) is 29.5. The maximum absolute atomic E-state index is 12.4. The van der Waals surface area contributed by atoms with Gasteiger partial charge >= 0.3 is 0 Å². The van der Waals surface area contributed by atoms with Gasteiger partial charge in [-0.2, -0.15) is 0 Å². The van der Waals surface area contributed by atoms with E-state index in [0.29, 0.717) is 31.4 Å². The molecule has 3 aliphatic heterocycles. The van der Waals surface area contributed by atoms with Crippen LogP contribution < -0.4 is 20.5 Å². The van der Waals surface area contributed by atoms with Gasteiger partial charge < -0.3 is 24.7 Å². The van der Waals surface area contributed by atoms with Gasteiger partial charge in [0.15, 0.2) is 0 Å². The van der Waals surface area contributed by atoms with Crippen LogP contribution in [-0.4, -0.2) is 53.7 Å². The summed E-state index contributed by atoms with van der Waals surface area (Å²) in [6.07, 6.45) is 9.19. The molecule has 8 rings (SSSR count). The topological polar surface area (TPSA) is 82.7 Å². The van der Waals surface area contributed by atoms with Gasteiger partial charge in [-0.3, -0.25) is 14.7 Å². The number of para-hydroxylation sites is 1. The molecule has 2 saturated heterocycles. The fourth-order valence-electron chi connectivity index (χ4n) is 7.02. The Labute approximate surface area is 258 Å². The molecular weight excluding hydrogens is 550 g/mol. The lowest BCUT2D eigenvalue weighted by Gasteiger charge is -2.35. The van der Waals surface area contributed by atoms with Crippen molar-refractivity contribution in [1.29, 1.82) is 0 Å². The molecule has 226 valence electrons. The first-order valence-electron chi connectivity index (χ1n) is 16.1. The van der Waals surface area contributed by atoms with E-state index in [0.717, 1.165) is 73.1 Å². The molecule has 5 heterocycles. The summed E-state index contributed by atoms with van der Waals surface area (Å²) in [5.41, 5.74) is 7.83. The lowest BCUT2D eigenvalue weighted by atomic mass is 9.95. The number of anilines is 2. The summed E-state index contributed by atoms with van der Waals surface area (Å²) >= 11 is 0. The van der Waals surface area contributed by atoms with Crippen molar-refractivity contribution in [2.24, 2.45) is 0 Å². The largest absolute Gasteiger partial charge is 0.456 e. The number of ether oxygens (including phenoxy) is 2. The second-order valence-electron chi connectivity index (χ2n) is 12.7. The van der Waals surface area contributed by atoms with Crippen LogP contribution in [0.3, 0.4) is 0 Å². The number of hydrogen-bond acceptors (Lipinski definition) is 7. The average Bonchev–Trinajstić information content (AvgIpc) is 3.91. The third-order valence-corrected chi connectivity index (χ3v) is 9.57. The van der Waals surface area contributed by atoms with Gasteiger partial charge in [-0.25, -0.2) is 0 Å². The van der Waals surface area contributed by atoms with Crippen molar-refractivity contribution >= 4 is 11.4 Å². The van der Waals surface area contributed by atoms with Crippen LogP contribution in [0.25, 0.3) is 0 Å². The minimum absolute atomic E-state index is 0.0740. The molecule has 2 aromatic heterocycles. The van der Waals surface area contributed by atoms with Crippen LogP contribution >= 0.6 is 0 Å². The van der Waals surface area contributed by atoms with E-state index in [1.54, 1.807) is 6.20 Å². The molecule has 1 unspecified atom stereocenters. The number of pyridine rings is 2. The molecule has 2 aromatic carbocycles. The van der Waals surface area contributed by atoms with Crippen molar-refractivity contribution in [2.45, 2.75) is 56.7 Å². The summed E-state index contributed by atoms with van der Waals surface area (Å²) in [4.78, 5) is 24.5. The van der Waals surface area contributed by atoms with E-state index in [2.05, 4.69) is 73.6 Å². The first kappa shape index (κ1) is 27.4. The van der Waals surface area contributed by atoms with Crippen molar-refractivity contribution in [1.82, 2.24) is 14.9 Å². The second kappa shape index (κ2) is 11.7. The Hall–Kier alpha value is -4.14. The molecule has 8 heteroatoms. The quantitative estimate of drug-likeness (QED) is 0.241. The number of nitrogens with one attached hydrogen (secondary N) is 2. The first-order valence-corrected chi connectivity index (χ1v) is 16.1. The van der Waals surface area contributed by atoms with E-state index in [-0.39, 0.29) is 11.7 Å². The highest BCUT2D eigenvalue weighted by atomic mass is 16.5. The average molecular weight is 590 g/mol. The van der Waals surface area contributed by atoms with Crippen LogP contribution in [0.1, 0.15) is 65.7 Å². The third kappa shape index (κ3) is 5.72. The Morgan fingerprint density at radius 3 is 2.73 bits per heavy atom. The van der Waals surface area contributed by atoms with Gasteiger partial charge in [-0.05, 0) is 85.2 Å². The first-order chi connectivity index (χ1) is 21.7. The van der Waals surface area contributed by atoms with E-state index < -0.39 is 0 Å². The molecule has 0 bridgehead atoms. The highest BCUT2D eigenvalue weighted by Gasteiger charge is 2.30. The fourth-order valence-corrected chi connectivity index (χ4v) is 7.02. The van der Waals surface area contributed by atoms with Crippen LogP contribution in [-0.2, 0) is 17.7 Å². The molecule has 0 amide bonds. The Balaban J connectivity index is 0.905. The number of nitrogens with zero attached hydrogens (tertiary/aromatic N) is 3. The van der Waals surface area contributed by atoms with E-state index >= 15 is 0 Å². The normalized spacial score (nSPS) is 20.5. The smallest absolute Gasteiger partial charge is 0.271 e. The molecule has 0 spiro atoms. The number of morpholine rings is 1. The van der Waals surface area contributed by atoms with Crippen molar-refractivity contribution in [3.05, 3.63) is 111 Å². The molecule has 8 nitrogen and oxygen atoms in total. The zero-order valence-corrected chi connectivity index (χ0v) is 25.0. The van der Waals surface area contributed by atoms with Gasteiger partial charge in [0.2, 0.25) is 0 Å². The number of fused-ring (bicyclic) bond motifs is 2. The van der Waals surface area contributed by atoms with Crippen molar-refractivity contribution in [2.75, 3.05) is 43.0 Å². The predicted molar refractivity (Wildman–Crippen MR) is 172 cm³/mol. The maximum atomic E-state index is 12.4. The van der Waals surface area contributed by atoms with Gasteiger partial charge in [-0.15, -0.1) is 0 Å².